The number of nitrogens with zero attached hydrogens (tertiary/aromatic N) is 3. The minimum Gasteiger partial charge on any atom is -0.291 e. The highest BCUT2D eigenvalue weighted by molar-refractivity contribution is 9.10. The highest BCUT2D eigenvalue weighted by Gasteiger charge is 2.35. The molecular formula is C13H14BrN3O4S. The molecule has 1 saturated heterocycles. The number of halogens is 1. The number of hydrogen-bond donors (Lipinski definition) is 0. The average molecular weight is 388 g/mol. The molecule has 9 heteroatoms. The van der Waals surface area contributed by atoms with Crippen molar-refractivity contribution < 1.29 is 14.5 Å². The zero-order valence-electron chi connectivity index (χ0n) is 12.0. The first-order chi connectivity index (χ1) is 10.3. The first-order valence-electron chi connectivity index (χ1n) is 6.55. The summed E-state index contributed by atoms with van der Waals surface area (Å²) in [6.07, 6.45) is 0.272. The van der Waals surface area contributed by atoms with Crippen LogP contribution in [0.5, 0.6) is 0 Å². The van der Waals surface area contributed by atoms with Crippen LogP contribution in [0.1, 0.15) is 19.0 Å². The number of amides is 1. The summed E-state index contributed by atoms with van der Waals surface area (Å²) < 4.78 is 0.526. The summed E-state index contributed by atoms with van der Waals surface area (Å²) in [5, 5.41) is 11.2. The minimum atomic E-state index is -0.544. The Kier molecular flexibility index (Phi) is 5.17. The van der Waals surface area contributed by atoms with E-state index in [2.05, 4.69) is 20.9 Å². The van der Waals surface area contributed by atoms with Gasteiger partial charge in [0.15, 0.2) is 5.12 Å². The van der Waals surface area contributed by atoms with Crippen LogP contribution in [-0.4, -0.2) is 33.2 Å². The van der Waals surface area contributed by atoms with Gasteiger partial charge in [0, 0.05) is 36.2 Å². The number of hydrogen-bond acceptors (Lipinski definition) is 6. The highest BCUT2D eigenvalue weighted by Crippen LogP contribution is 2.35. The van der Waals surface area contributed by atoms with Gasteiger partial charge < -0.3 is 0 Å². The minimum absolute atomic E-state index is 0.00510. The molecule has 118 valence electrons. The van der Waals surface area contributed by atoms with Crippen LogP contribution in [0.15, 0.2) is 10.5 Å². The van der Waals surface area contributed by atoms with E-state index in [0.29, 0.717) is 22.5 Å². The van der Waals surface area contributed by atoms with E-state index >= 15 is 0 Å². The first-order valence-corrected chi connectivity index (χ1v) is 8.32. The molecule has 2 heterocycles. The van der Waals surface area contributed by atoms with Crippen molar-refractivity contribution in [3.63, 3.8) is 0 Å². The number of nitro groups is 1. The molecule has 1 amide bonds. The third kappa shape index (κ3) is 3.64. The van der Waals surface area contributed by atoms with Crippen LogP contribution in [0.4, 0.5) is 11.5 Å². The molecule has 0 N–H and O–H groups in total. The third-order valence-corrected chi connectivity index (χ3v) is 5.14. The van der Waals surface area contributed by atoms with Gasteiger partial charge in [-0.1, -0.05) is 11.8 Å². The van der Waals surface area contributed by atoms with E-state index in [1.54, 1.807) is 6.92 Å². The molecule has 1 aromatic rings. The van der Waals surface area contributed by atoms with Gasteiger partial charge in [0.2, 0.25) is 11.7 Å². The Hall–Kier alpha value is -1.48. The van der Waals surface area contributed by atoms with Gasteiger partial charge in [-0.3, -0.25) is 24.6 Å². The second-order valence-corrected chi connectivity index (χ2v) is 7.08. The second-order valence-electron chi connectivity index (χ2n) is 5.03. The van der Waals surface area contributed by atoms with Crippen LogP contribution >= 0.6 is 27.7 Å². The number of aryl methyl sites for hydroxylation is 1. The lowest BCUT2D eigenvalue weighted by molar-refractivity contribution is -0.384. The van der Waals surface area contributed by atoms with Gasteiger partial charge in [-0.25, -0.2) is 4.98 Å². The molecule has 7 nitrogen and oxygen atoms in total. The van der Waals surface area contributed by atoms with Gasteiger partial charge in [0.05, 0.1) is 10.6 Å². The monoisotopic (exact) mass is 387 g/mol. The Labute approximate surface area is 139 Å². The molecule has 1 unspecified atom stereocenters. The molecule has 0 spiro atoms. The molecular weight excluding hydrogens is 374 g/mol. The molecule has 1 atom stereocenters. The maximum absolute atomic E-state index is 12.2. The predicted molar refractivity (Wildman–Crippen MR) is 86.9 cm³/mol. The van der Waals surface area contributed by atoms with E-state index in [9.17, 15) is 19.7 Å². The standard InChI is InChI=1S/C13H14BrN3O4S/c1-7-10(14)4-11(17(20)21)13(15-7)16-5-9(3-12(16)19)6-22-8(2)18/h4,9H,3,5-6H2,1-2H3. The second kappa shape index (κ2) is 6.74. The summed E-state index contributed by atoms with van der Waals surface area (Å²) in [5.41, 5.74) is 0.376. The fourth-order valence-electron chi connectivity index (χ4n) is 2.22. The first kappa shape index (κ1) is 16.9. The predicted octanol–water partition coefficient (Wildman–Crippen LogP) is 2.69. The van der Waals surface area contributed by atoms with Crippen LogP contribution in [0, 0.1) is 23.0 Å². The van der Waals surface area contributed by atoms with Gasteiger partial charge in [0.25, 0.3) is 0 Å². The lowest BCUT2D eigenvalue weighted by Gasteiger charge is -2.16. The Bertz CT molecular complexity index is 652. The molecule has 2 rings (SSSR count). The van der Waals surface area contributed by atoms with Gasteiger partial charge in [-0.2, -0.15) is 0 Å². The molecule has 0 bridgehead atoms. The summed E-state index contributed by atoms with van der Waals surface area (Å²) >= 11 is 4.38. The molecule has 0 aliphatic carbocycles. The number of pyridine rings is 1. The van der Waals surface area contributed by atoms with Crippen molar-refractivity contribution in [2.24, 2.45) is 5.92 Å². The van der Waals surface area contributed by atoms with Crippen molar-refractivity contribution in [2.45, 2.75) is 20.3 Å². The SMILES string of the molecule is CC(=O)SCC1CC(=O)N(c2nc(C)c(Br)cc2[N+](=O)[O-])C1. The average Bonchev–Trinajstić information content (AvgIpc) is 2.80. The van der Waals surface area contributed by atoms with E-state index in [1.165, 1.54) is 17.9 Å². The molecule has 0 aromatic carbocycles. The summed E-state index contributed by atoms with van der Waals surface area (Å²) in [7, 11) is 0. The van der Waals surface area contributed by atoms with Crippen LogP contribution in [-0.2, 0) is 9.59 Å². The van der Waals surface area contributed by atoms with Gasteiger partial charge in [-0.15, -0.1) is 0 Å². The van der Waals surface area contributed by atoms with Crippen molar-refractivity contribution in [3.8, 4) is 0 Å². The largest absolute Gasteiger partial charge is 0.313 e. The number of anilines is 1. The zero-order valence-corrected chi connectivity index (χ0v) is 14.4. The summed E-state index contributed by atoms with van der Waals surface area (Å²) in [5.74, 6) is 0.394. The summed E-state index contributed by atoms with van der Waals surface area (Å²) in [6.45, 7) is 3.53. The molecule has 1 fully saturated rings. The number of rotatable bonds is 4. The highest BCUT2D eigenvalue weighted by atomic mass is 79.9. The van der Waals surface area contributed by atoms with Crippen molar-refractivity contribution in [2.75, 3.05) is 17.2 Å². The topological polar surface area (TPSA) is 93.4 Å². The van der Waals surface area contributed by atoms with E-state index in [4.69, 9.17) is 0 Å². The van der Waals surface area contributed by atoms with E-state index < -0.39 is 4.92 Å². The fourth-order valence-corrected chi connectivity index (χ4v) is 3.22. The molecule has 1 aromatic heterocycles. The third-order valence-electron chi connectivity index (χ3n) is 3.29. The normalized spacial score (nSPS) is 17.9. The summed E-state index contributed by atoms with van der Waals surface area (Å²) in [4.78, 5) is 39.4. The van der Waals surface area contributed by atoms with Crippen LogP contribution in [0.3, 0.4) is 0 Å². The van der Waals surface area contributed by atoms with Crippen molar-refractivity contribution >= 4 is 50.2 Å². The van der Waals surface area contributed by atoms with Gasteiger partial charge in [0.1, 0.15) is 0 Å². The Morgan fingerprint density at radius 3 is 2.91 bits per heavy atom. The number of thioether (sulfide) groups is 1. The van der Waals surface area contributed by atoms with E-state index in [0.717, 1.165) is 11.8 Å². The molecule has 0 radical (unpaired) electrons. The van der Waals surface area contributed by atoms with Gasteiger partial charge in [-0.05, 0) is 28.8 Å². The van der Waals surface area contributed by atoms with Crippen molar-refractivity contribution in [3.05, 3.63) is 26.3 Å². The van der Waals surface area contributed by atoms with Crippen LogP contribution < -0.4 is 4.90 Å². The number of carbonyl (C=O) groups is 2. The van der Waals surface area contributed by atoms with Crippen molar-refractivity contribution in [1.29, 1.82) is 0 Å². The lowest BCUT2D eigenvalue weighted by atomic mass is 10.1. The smallest absolute Gasteiger partial charge is 0.291 e. The maximum Gasteiger partial charge on any atom is 0.313 e. The Morgan fingerprint density at radius 1 is 1.64 bits per heavy atom. The van der Waals surface area contributed by atoms with E-state index in [1.807, 2.05) is 0 Å². The fraction of sp³-hybridized carbons (Fsp3) is 0.462. The zero-order chi connectivity index (χ0) is 16.4. The van der Waals surface area contributed by atoms with E-state index in [-0.39, 0.29) is 34.9 Å². The maximum atomic E-state index is 12.2. The number of aromatic nitrogens is 1. The summed E-state index contributed by atoms with van der Waals surface area (Å²) in [6, 6.07) is 1.36. The lowest BCUT2D eigenvalue weighted by Crippen LogP contribution is -2.27. The molecule has 1 aliphatic heterocycles. The number of carbonyl (C=O) groups excluding carboxylic acids is 2. The van der Waals surface area contributed by atoms with Gasteiger partial charge >= 0.3 is 5.69 Å². The van der Waals surface area contributed by atoms with Crippen LogP contribution in [0.25, 0.3) is 0 Å². The quantitative estimate of drug-likeness (QED) is 0.582. The Morgan fingerprint density at radius 2 is 2.32 bits per heavy atom. The van der Waals surface area contributed by atoms with Crippen LogP contribution in [0.2, 0.25) is 0 Å². The van der Waals surface area contributed by atoms with Crippen molar-refractivity contribution in [1.82, 2.24) is 4.98 Å². The molecule has 0 saturated carbocycles. The molecule has 1 aliphatic rings. The Balaban J connectivity index is 2.28. The molecule has 22 heavy (non-hydrogen) atoms.